The molecular weight excluding hydrogens is 402 g/mol. The van der Waals surface area contributed by atoms with Gasteiger partial charge in [-0.3, -0.25) is 9.78 Å². The van der Waals surface area contributed by atoms with Gasteiger partial charge in [-0.2, -0.15) is 0 Å². The molecule has 0 spiro atoms. The number of aromatic nitrogens is 4. The molecule has 5 aromatic rings. The van der Waals surface area contributed by atoms with Gasteiger partial charge in [0.1, 0.15) is 17.4 Å². The van der Waals surface area contributed by atoms with Crippen molar-refractivity contribution < 1.29 is 9.53 Å². The van der Waals surface area contributed by atoms with Gasteiger partial charge in [-0.05, 0) is 55.0 Å². The number of carbonyl (C=O) groups is 1. The average Bonchev–Trinajstić information content (AvgIpc) is 3.43. The lowest BCUT2D eigenvalue weighted by Crippen LogP contribution is -2.30. The molecule has 2 N–H and O–H groups in total. The fraction of sp³-hybridized carbons (Fsp3) is 0.160. The molecule has 32 heavy (non-hydrogen) atoms. The number of carbonyl (C=O) groups excluding carboxylic acids is 1. The lowest BCUT2D eigenvalue weighted by Gasteiger charge is -2.15. The van der Waals surface area contributed by atoms with Crippen molar-refractivity contribution in [3.63, 3.8) is 0 Å². The molecular formula is C25H23N5O2. The summed E-state index contributed by atoms with van der Waals surface area (Å²) in [6.07, 6.45) is 7.26. The number of ether oxygens (including phenoxy) is 1. The molecule has 160 valence electrons. The van der Waals surface area contributed by atoms with Gasteiger partial charge in [-0.25, -0.2) is 4.98 Å². The molecule has 1 aromatic carbocycles. The minimum atomic E-state index is -0.404. The number of hydrogen-bond acceptors (Lipinski definition) is 4. The zero-order valence-electron chi connectivity index (χ0n) is 17.9. The van der Waals surface area contributed by atoms with Crippen LogP contribution in [0.1, 0.15) is 18.5 Å². The third kappa shape index (κ3) is 3.58. The highest BCUT2D eigenvalue weighted by Gasteiger charge is 2.21. The number of nitrogens with zero attached hydrogens (tertiary/aromatic N) is 3. The number of hydrogen-bond donors (Lipinski definition) is 2. The molecule has 0 aliphatic heterocycles. The Morgan fingerprint density at radius 3 is 2.84 bits per heavy atom. The highest BCUT2D eigenvalue weighted by Crippen LogP contribution is 2.35. The Kier molecular flexibility index (Phi) is 5.07. The van der Waals surface area contributed by atoms with Crippen LogP contribution >= 0.6 is 0 Å². The van der Waals surface area contributed by atoms with Crippen LogP contribution in [0.15, 0.2) is 73.3 Å². The van der Waals surface area contributed by atoms with Crippen molar-refractivity contribution in [2.24, 2.45) is 0 Å². The Hall–Kier alpha value is -4.13. The summed E-state index contributed by atoms with van der Waals surface area (Å²) in [5.74, 6) is 0.700. The molecule has 5 rings (SSSR count). The Morgan fingerprint density at radius 2 is 2.06 bits per heavy atom. The van der Waals surface area contributed by atoms with Gasteiger partial charge in [0, 0.05) is 58.9 Å². The van der Waals surface area contributed by atoms with Crippen LogP contribution in [0.4, 0.5) is 0 Å². The van der Waals surface area contributed by atoms with E-state index in [2.05, 4.69) is 26.3 Å². The van der Waals surface area contributed by atoms with E-state index in [-0.39, 0.29) is 5.91 Å². The number of benzene rings is 1. The fourth-order valence-corrected chi connectivity index (χ4v) is 3.97. The van der Waals surface area contributed by atoms with Gasteiger partial charge in [0.05, 0.1) is 7.11 Å². The molecule has 0 radical (unpaired) electrons. The van der Waals surface area contributed by atoms with Gasteiger partial charge in [0.25, 0.3) is 0 Å². The third-order valence-corrected chi connectivity index (χ3v) is 5.71. The van der Waals surface area contributed by atoms with Crippen LogP contribution in [-0.2, 0) is 11.3 Å². The number of H-pyrrole nitrogens is 1. The average molecular weight is 425 g/mol. The number of amides is 1. The van der Waals surface area contributed by atoms with Crippen LogP contribution in [-0.4, -0.2) is 32.5 Å². The Labute approximate surface area is 185 Å². The van der Waals surface area contributed by atoms with Gasteiger partial charge in [-0.15, -0.1) is 0 Å². The van der Waals surface area contributed by atoms with Gasteiger partial charge in [0.15, 0.2) is 0 Å². The largest absolute Gasteiger partial charge is 0.497 e. The van der Waals surface area contributed by atoms with E-state index >= 15 is 0 Å². The van der Waals surface area contributed by atoms with Crippen molar-refractivity contribution in [2.45, 2.75) is 19.5 Å². The van der Waals surface area contributed by atoms with E-state index in [1.54, 1.807) is 25.7 Å². The second-order valence-corrected chi connectivity index (χ2v) is 7.71. The van der Waals surface area contributed by atoms with Gasteiger partial charge < -0.3 is 19.6 Å². The van der Waals surface area contributed by atoms with Crippen molar-refractivity contribution in [3.05, 3.63) is 78.9 Å². The van der Waals surface area contributed by atoms with Crippen LogP contribution in [0.2, 0.25) is 0 Å². The maximum Gasteiger partial charge on any atom is 0.243 e. The summed E-state index contributed by atoms with van der Waals surface area (Å²) >= 11 is 0. The molecule has 1 amide bonds. The SMILES string of the molecule is COc1ccc2c(c1)c(-c1cc3cccnc3[nH]1)cn2C(C)C(=O)NCc1cccnc1. The van der Waals surface area contributed by atoms with E-state index in [1.165, 1.54) is 0 Å². The summed E-state index contributed by atoms with van der Waals surface area (Å²) in [6, 6.07) is 15.3. The van der Waals surface area contributed by atoms with Crippen LogP contribution in [0, 0.1) is 0 Å². The monoisotopic (exact) mass is 425 g/mol. The van der Waals surface area contributed by atoms with E-state index in [1.807, 2.05) is 60.2 Å². The van der Waals surface area contributed by atoms with E-state index in [9.17, 15) is 4.79 Å². The molecule has 0 bridgehead atoms. The Balaban J connectivity index is 1.53. The lowest BCUT2D eigenvalue weighted by atomic mass is 10.1. The quantitative estimate of drug-likeness (QED) is 0.420. The third-order valence-electron chi connectivity index (χ3n) is 5.71. The first kappa shape index (κ1) is 19.8. The normalized spacial score (nSPS) is 12.2. The van der Waals surface area contributed by atoms with Crippen molar-refractivity contribution in [2.75, 3.05) is 7.11 Å². The molecule has 0 aliphatic rings. The van der Waals surface area contributed by atoms with Crippen LogP contribution < -0.4 is 10.1 Å². The number of nitrogens with one attached hydrogen (secondary N) is 2. The molecule has 4 heterocycles. The van der Waals surface area contributed by atoms with E-state index in [0.29, 0.717) is 6.54 Å². The zero-order valence-corrected chi connectivity index (χ0v) is 17.9. The van der Waals surface area contributed by atoms with Gasteiger partial charge >= 0.3 is 0 Å². The fourth-order valence-electron chi connectivity index (χ4n) is 3.97. The molecule has 7 heteroatoms. The lowest BCUT2D eigenvalue weighted by molar-refractivity contribution is -0.123. The predicted molar refractivity (Wildman–Crippen MR) is 124 cm³/mol. The molecule has 1 atom stereocenters. The van der Waals surface area contributed by atoms with Gasteiger partial charge in [-0.1, -0.05) is 6.07 Å². The minimum Gasteiger partial charge on any atom is -0.497 e. The van der Waals surface area contributed by atoms with Crippen molar-refractivity contribution in [1.82, 2.24) is 24.8 Å². The molecule has 0 saturated carbocycles. The molecule has 4 aromatic heterocycles. The summed E-state index contributed by atoms with van der Waals surface area (Å²) in [6.45, 7) is 2.34. The highest BCUT2D eigenvalue weighted by atomic mass is 16.5. The number of rotatable bonds is 6. The summed E-state index contributed by atoms with van der Waals surface area (Å²) in [5.41, 5.74) is 4.67. The van der Waals surface area contributed by atoms with E-state index < -0.39 is 6.04 Å². The van der Waals surface area contributed by atoms with E-state index in [4.69, 9.17) is 4.74 Å². The zero-order chi connectivity index (χ0) is 22.1. The molecule has 0 fully saturated rings. The first-order valence-electron chi connectivity index (χ1n) is 10.4. The van der Waals surface area contributed by atoms with Crippen molar-refractivity contribution in [1.29, 1.82) is 0 Å². The van der Waals surface area contributed by atoms with Crippen molar-refractivity contribution >= 4 is 27.8 Å². The standard InChI is InChI=1S/C25H23N5O2/c1-16(25(31)28-14-17-5-3-9-26-13-17)30-15-21(20-12-19(32-2)7-8-23(20)30)22-11-18-6-4-10-27-24(18)29-22/h3-13,15-16H,14H2,1-2H3,(H,27,29)(H,28,31). The Morgan fingerprint density at radius 1 is 1.19 bits per heavy atom. The summed E-state index contributed by atoms with van der Waals surface area (Å²) in [5, 5.41) is 5.05. The smallest absolute Gasteiger partial charge is 0.243 e. The second kappa shape index (κ2) is 8.19. The predicted octanol–water partition coefficient (Wildman–Crippen LogP) is 4.47. The molecule has 7 nitrogen and oxygen atoms in total. The van der Waals surface area contributed by atoms with E-state index in [0.717, 1.165) is 44.5 Å². The molecule has 0 saturated heterocycles. The summed E-state index contributed by atoms with van der Waals surface area (Å²) in [4.78, 5) is 24.9. The van der Waals surface area contributed by atoms with Crippen LogP contribution in [0.5, 0.6) is 5.75 Å². The Bertz CT molecular complexity index is 1370. The first-order valence-corrected chi connectivity index (χ1v) is 10.4. The van der Waals surface area contributed by atoms with Crippen LogP contribution in [0.25, 0.3) is 33.2 Å². The molecule has 1 unspecified atom stereocenters. The summed E-state index contributed by atoms with van der Waals surface area (Å²) in [7, 11) is 1.65. The number of aromatic amines is 1. The first-order chi connectivity index (χ1) is 15.6. The second-order valence-electron chi connectivity index (χ2n) is 7.71. The maximum absolute atomic E-state index is 13.0. The minimum absolute atomic E-state index is 0.0635. The number of fused-ring (bicyclic) bond motifs is 2. The summed E-state index contributed by atoms with van der Waals surface area (Å²) < 4.78 is 7.46. The topological polar surface area (TPSA) is 84.8 Å². The highest BCUT2D eigenvalue weighted by molar-refractivity contribution is 5.99. The number of pyridine rings is 2. The number of methoxy groups -OCH3 is 1. The van der Waals surface area contributed by atoms with Crippen LogP contribution in [0.3, 0.4) is 0 Å². The molecule has 0 aliphatic carbocycles. The van der Waals surface area contributed by atoms with Gasteiger partial charge in [0.2, 0.25) is 5.91 Å². The maximum atomic E-state index is 13.0. The van der Waals surface area contributed by atoms with Crippen molar-refractivity contribution in [3.8, 4) is 17.0 Å².